The van der Waals surface area contributed by atoms with Crippen LogP contribution in [0.4, 0.5) is 0 Å². The van der Waals surface area contributed by atoms with Gasteiger partial charge in [-0.1, -0.05) is 15.9 Å². The second-order valence-corrected chi connectivity index (χ2v) is 3.97. The second-order valence-electron chi connectivity index (χ2n) is 2.68. The molecule has 0 aliphatic heterocycles. The van der Waals surface area contributed by atoms with E-state index in [1.807, 2.05) is 0 Å². The first-order valence-corrected chi connectivity index (χ1v) is 5.57. The van der Waals surface area contributed by atoms with Gasteiger partial charge in [0.2, 0.25) is 0 Å². The molecule has 0 radical (unpaired) electrons. The van der Waals surface area contributed by atoms with Gasteiger partial charge in [-0.2, -0.15) is 0 Å². The molecule has 0 aromatic heterocycles. The van der Waals surface area contributed by atoms with E-state index in [9.17, 15) is 4.79 Å². The van der Waals surface area contributed by atoms with Gasteiger partial charge in [-0.05, 0) is 43.4 Å². The number of benzene rings is 1. The molecule has 3 nitrogen and oxygen atoms in total. The SMILES string of the molecule is CCOC(=S)NC(=O)c1ccc(Br)cc1. The first-order chi connectivity index (χ1) is 7.13. The average Bonchev–Trinajstić information content (AvgIpc) is 2.18. The molecule has 1 aromatic carbocycles. The molecule has 0 aliphatic carbocycles. The Balaban J connectivity index is 2.61. The number of hydrogen-bond donors (Lipinski definition) is 1. The standard InChI is InChI=1S/C10H10BrNO2S/c1-2-14-10(15)12-9(13)7-3-5-8(11)6-4-7/h3-6H,2H2,1H3,(H,12,13,15). The third-order valence-corrected chi connectivity index (χ3v) is 2.35. The fourth-order valence-corrected chi connectivity index (χ4v) is 1.41. The van der Waals surface area contributed by atoms with E-state index in [-0.39, 0.29) is 11.1 Å². The third kappa shape index (κ3) is 3.97. The minimum absolute atomic E-state index is 0.102. The zero-order chi connectivity index (χ0) is 11.3. The molecule has 1 aromatic rings. The van der Waals surface area contributed by atoms with Crippen LogP contribution >= 0.6 is 28.1 Å². The van der Waals surface area contributed by atoms with Gasteiger partial charge in [0.1, 0.15) is 0 Å². The first-order valence-electron chi connectivity index (χ1n) is 4.37. The normalized spacial score (nSPS) is 9.47. The van der Waals surface area contributed by atoms with Crippen molar-refractivity contribution < 1.29 is 9.53 Å². The van der Waals surface area contributed by atoms with Gasteiger partial charge in [-0.3, -0.25) is 10.1 Å². The summed E-state index contributed by atoms with van der Waals surface area (Å²) in [4.78, 5) is 11.5. The fourth-order valence-electron chi connectivity index (χ4n) is 0.933. The largest absolute Gasteiger partial charge is 0.471 e. The lowest BCUT2D eigenvalue weighted by Crippen LogP contribution is -2.30. The number of carbonyl (C=O) groups is 1. The molecule has 0 bridgehead atoms. The van der Waals surface area contributed by atoms with Crippen LogP contribution in [0.3, 0.4) is 0 Å². The van der Waals surface area contributed by atoms with Crippen LogP contribution in [0.5, 0.6) is 0 Å². The molecule has 0 atom stereocenters. The molecule has 5 heteroatoms. The number of ether oxygens (including phenoxy) is 1. The van der Waals surface area contributed by atoms with Crippen LogP contribution in [0.2, 0.25) is 0 Å². The van der Waals surface area contributed by atoms with E-state index < -0.39 is 0 Å². The summed E-state index contributed by atoms with van der Waals surface area (Å²) in [5, 5.41) is 2.57. The highest BCUT2D eigenvalue weighted by atomic mass is 79.9. The Hall–Kier alpha value is -0.940. The lowest BCUT2D eigenvalue weighted by Gasteiger charge is -2.06. The van der Waals surface area contributed by atoms with E-state index in [0.717, 1.165) is 4.47 Å². The minimum Gasteiger partial charge on any atom is -0.471 e. The molecule has 0 saturated heterocycles. The smallest absolute Gasteiger partial charge is 0.263 e. The van der Waals surface area contributed by atoms with E-state index in [2.05, 4.69) is 21.2 Å². The molecule has 1 N–H and O–H groups in total. The highest BCUT2D eigenvalue weighted by Crippen LogP contribution is 2.10. The van der Waals surface area contributed by atoms with Crippen LogP contribution in [0.1, 0.15) is 17.3 Å². The van der Waals surface area contributed by atoms with Gasteiger partial charge in [0, 0.05) is 10.0 Å². The Morgan fingerprint density at radius 3 is 2.60 bits per heavy atom. The quantitative estimate of drug-likeness (QED) is 0.850. The van der Waals surface area contributed by atoms with Gasteiger partial charge >= 0.3 is 0 Å². The van der Waals surface area contributed by atoms with Crippen molar-refractivity contribution in [2.75, 3.05) is 6.61 Å². The summed E-state index contributed by atoms with van der Waals surface area (Å²) < 4.78 is 5.87. The van der Waals surface area contributed by atoms with Gasteiger partial charge in [0.05, 0.1) is 6.61 Å². The predicted molar refractivity (Wildman–Crippen MR) is 65.8 cm³/mol. The molecule has 1 rings (SSSR count). The van der Waals surface area contributed by atoms with Crippen LogP contribution in [0, 0.1) is 0 Å². The van der Waals surface area contributed by atoms with Crippen LogP contribution in [-0.2, 0) is 4.74 Å². The number of carbonyl (C=O) groups excluding carboxylic acids is 1. The van der Waals surface area contributed by atoms with Crippen molar-refractivity contribution >= 4 is 39.2 Å². The molecule has 80 valence electrons. The summed E-state index contributed by atoms with van der Waals surface area (Å²) in [6, 6.07) is 6.99. The van der Waals surface area contributed by atoms with Crippen molar-refractivity contribution in [3.63, 3.8) is 0 Å². The van der Waals surface area contributed by atoms with Crippen LogP contribution < -0.4 is 5.32 Å². The third-order valence-electron chi connectivity index (χ3n) is 1.60. The van der Waals surface area contributed by atoms with Gasteiger partial charge in [0.25, 0.3) is 11.1 Å². The zero-order valence-corrected chi connectivity index (χ0v) is 10.5. The van der Waals surface area contributed by atoms with Crippen LogP contribution in [-0.4, -0.2) is 17.7 Å². The number of thiocarbonyl (C=S) groups is 1. The van der Waals surface area contributed by atoms with E-state index in [1.165, 1.54) is 0 Å². The summed E-state index contributed by atoms with van der Waals surface area (Å²) in [5.41, 5.74) is 0.542. The molecule has 15 heavy (non-hydrogen) atoms. The van der Waals surface area contributed by atoms with Gasteiger partial charge in [-0.15, -0.1) is 0 Å². The monoisotopic (exact) mass is 287 g/mol. The van der Waals surface area contributed by atoms with E-state index >= 15 is 0 Å². The molecular weight excluding hydrogens is 278 g/mol. The number of nitrogens with one attached hydrogen (secondary N) is 1. The molecule has 0 aliphatic rings. The van der Waals surface area contributed by atoms with Gasteiger partial charge in [0.15, 0.2) is 0 Å². The van der Waals surface area contributed by atoms with E-state index in [0.29, 0.717) is 12.2 Å². The maximum atomic E-state index is 11.5. The number of amides is 1. The van der Waals surface area contributed by atoms with Crippen molar-refractivity contribution in [2.45, 2.75) is 6.92 Å². The molecular formula is C10H10BrNO2S. The number of hydrogen-bond acceptors (Lipinski definition) is 3. The van der Waals surface area contributed by atoms with Gasteiger partial charge in [-0.25, -0.2) is 0 Å². The summed E-state index contributed by atoms with van der Waals surface area (Å²) in [5.74, 6) is -0.263. The Bertz CT molecular complexity index is 364. The maximum absolute atomic E-state index is 11.5. The zero-order valence-electron chi connectivity index (χ0n) is 8.12. The molecule has 0 heterocycles. The number of halogens is 1. The highest BCUT2D eigenvalue weighted by Gasteiger charge is 2.07. The van der Waals surface area contributed by atoms with E-state index in [1.54, 1.807) is 31.2 Å². The van der Waals surface area contributed by atoms with Crippen molar-refractivity contribution in [2.24, 2.45) is 0 Å². The molecule has 0 unspecified atom stereocenters. The lowest BCUT2D eigenvalue weighted by molar-refractivity contribution is 0.0968. The maximum Gasteiger partial charge on any atom is 0.263 e. The fraction of sp³-hybridized carbons (Fsp3) is 0.200. The van der Waals surface area contributed by atoms with Crippen molar-refractivity contribution in [3.05, 3.63) is 34.3 Å². The van der Waals surface area contributed by atoms with Crippen LogP contribution in [0.25, 0.3) is 0 Å². The van der Waals surface area contributed by atoms with Crippen molar-refractivity contribution in [3.8, 4) is 0 Å². The predicted octanol–water partition coefficient (Wildman–Crippen LogP) is 2.50. The molecule has 0 fully saturated rings. The van der Waals surface area contributed by atoms with E-state index in [4.69, 9.17) is 17.0 Å². The highest BCUT2D eigenvalue weighted by molar-refractivity contribution is 9.10. The summed E-state index contributed by atoms with van der Waals surface area (Å²) in [6.45, 7) is 2.25. The summed E-state index contributed by atoms with van der Waals surface area (Å²) in [6.07, 6.45) is 0. The Morgan fingerprint density at radius 2 is 2.07 bits per heavy atom. The summed E-state index contributed by atoms with van der Waals surface area (Å²) >= 11 is 8.08. The lowest BCUT2D eigenvalue weighted by atomic mass is 10.2. The Labute approximate surface area is 102 Å². The minimum atomic E-state index is -0.263. The number of rotatable bonds is 2. The second kappa shape index (κ2) is 5.82. The molecule has 0 saturated carbocycles. The Kier molecular flexibility index (Phi) is 4.71. The van der Waals surface area contributed by atoms with Crippen molar-refractivity contribution in [1.82, 2.24) is 5.32 Å². The first kappa shape index (κ1) is 12.1. The van der Waals surface area contributed by atoms with Crippen molar-refractivity contribution in [1.29, 1.82) is 0 Å². The molecule has 0 spiro atoms. The van der Waals surface area contributed by atoms with Crippen LogP contribution in [0.15, 0.2) is 28.7 Å². The van der Waals surface area contributed by atoms with Gasteiger partial charge < -0.3 is 4.74 Å². The average molecular weight is 288 g/mol. The Morgan fingerprint density at radius 1 is 1.47 bits per heavy atom. The summed E-state index contributed by atoms with van der Waals surface area (Å²) in [7, 11) is 0. The molecule has 1 amide bonds. The topological polar surface area (TPSA) is 38.3 Å².